The Kier molecular flexibility index (Phi) is 5.29. The molecule has 0 saturated carbocycles. The SMILES string of the molecule is COc1cc(C=CC(=O)c2cc(Cl)ccc2O)c(OC)cc1C. The van der Waals surface area contributed by atoms with Gasteiger partial charge in [-0.15, -0.1) is 0 Å². The van der Waals surface area contributed by atoms with E-state index < -0.39 is 0 Å². The molecule has 2 rings (SSSR count). The Morgan fingerprint density at radius 1 is 1.13 bits per heavy atom. The Labute approximate surface area is 139 Å². The number of phenols is 1. The molecule has 0 bridgehead atoms. The van der Waals surface area contributed by atoms with Crippen LogP contribution in [0.5, 0.6) is 17.2 Å². The number of aromatic hydroxyl groups is 1. The second kappa shape index (κ2) is 7.20. The van der Waals surface area contributed by atoms with Gasteiger partial charge in [0, 0.05) is 10.6 Å². The quantitative estimate of drug-likeness (QED) is 0.656. The third kappa shape index (κ3) is 3.85. The number of rotatable bonds is 5. The van der Waals surface area contributed by atoms with E-state index in [2.05, 4.69) is 0 Å². The average Bonchev–Trinajstić information content (AvgIpc) is 2.55. The van der Waals surface area contributed by atoms with Gasteiger partial charge < -0.3 is 14.6 Å². The van der Waals surface area contributed by atoms with E-state index >= 15 is 0 Å². The fraction of sp³-hybridized carbons (Fsp3) is 0.167. The number of hydrogen-bond acceptors (Lipinski definition) is 4. The van der Waals surface area contributed by atoms with E-state index in [1.165, 1.54) is 24.3 Å². The maximum Gasteiger partial charge on any atom is 0.189 e. The minimum absolute atomic E-state index is 0.113. The van der Waals surface area contributed by atoms with Crippen molar-refractivity contribution < 1.29 is 19.4 Å². The molecule has 0 spiro atoms. The molecule has 0 atom stereocenters. The van der Waals surface area contributed by atoms with Crippen LogP contribution in [0, 0.1) is 6.92 Å². The molecule has 120 valence electrons. The van der Waals surface area contributed by atoms with Crippen LogP contribution in [0.4, 0.5) is 0 Å². The Morgan fingerprint density at radius 2 is 1.83 bits per heavy atom. The largest absolute Gasteiger partial charge is 0.507 e. The van der Waals surface area contributed by atoms with E-state index in [-0.39, 0.29) is 17.1 Å². The van der Waals surface area contributed by atoms with Crippen LogP contribution in [-0.4, -0.2) is 25.1 Å². The number of phenolic OH excluding ortho intramolecular Hbond substituents is 1. The summed E-state index contributed by atoms with van der Waals surface area (Å²) in [5.74, 6) is 0.857. The molecule has 0 heterocycles. The van der Waals surface area contributed by atoms with Crippen molar-refractivity contribution in [1.29, 1.82) is 0 Å². The van der Waals surface area contributed by atoms with Gasteiger partial charge >= 0.3 is 0 Å². The van der Waals surface area contributed by atoms with E-state index in [0.29, 0.717) is 22.1 Å². The average molecular weight is 333 g/mol. The smallest absolute Gasteiger partial charge is 0.189 e. The molecule has 0 unspecified atom stereocenters. The summed E-state index contributed by atoms with van der Waals surface area (Å²) < 4.78 is 10.6. The van der Waals surface area contributed by atoms with Gasteiger partial charge in [0.15, 0.2) is 5.78 Å². The van der Waals surface area contributed by atoms with Gasteiger partial charge in [-0.2, -0.15) is 0 Å². The van der Waals surface area contributed by atoms with Crippen LogP contribution in [0.15, 0.2) is 36.4 Å². The first kappa shape index (κ1) is 16.9. The third-order valence-electron chi connectivity index (χ3n) is 3.39. The zero-order chi connectivity index (χ0) is 17.0. The van der Waals surface area contributed by atoms with Crippen molar-refractivity contribution in [3.8, 4) is 17.2 Å². The summed E-state index contributed by atoms with van der Waals surface area (Å²) in [5.41, 5.74) is 1.77. The van der Waals surface area contributed by atoms with Gasteiger partial charge in [0.05, 0.1) is 19.8 Å². The molecule has 0 aliphatic rings. The van der Waals surface area contributed by atoms with E-state index in [0.717, 1.165) is 5.56 Å². The molecule has 1 N–H and O–H groups in total. The maximum atomic E-state index is 12.2. The number of ketones is 1. The lowest BCUT2D eigenvalue weighted by molar-refractivity contribution is 0.104. The Bertz CT molecular complexity index is 766. The van der Waals surface area contributed by atoms with Gasteiger partial charge in [0.2, 0.25) is 0 Å². The first-order valence-corrected chi connectivity index (χ1v) is 7.27. The molecular weight excluding hydrogens is 316 g/mol. The standard InChI is InChI=1S/C18H17ClO4/c1-11-8-18(23-3)12(9-17(11)22-2)4-6-15(20)14-10-13(19)5-7-16(14)21/h4-10,21H,1-3H3. The van der Waals surface area contributed by atoms with Gasteiger partial charge in [-0.25, -0.2) is 0 Å². The van der Waals surface area contributed by atoms with Crippen molar-refractivity contribution >= 4 is 23.5 Å². The predicted octanol–water partition coefficient (Wildman–Crippen LogP) is 4.27. The summed E-state index contributed by atoms with van der Waals surface area (Å²) in [4.78, 5) is 12.2. The van der Waals surface area contributed by atoms with E-state index in [9.17, 15) is 9.90 Å². The topological polar surface area (TPSA) is 55.8 Å². The van der Waals surface area contributed by atoms with Gasteiger partial charge in [0.1, 0.15) is 17.2 Å². The van der Waals surface area contributed by atoms with Crippen molar-refractivity contribution in [1.82, 2.24) is 0 Å². The summed E-state index contributed by atoms with van der Waals surface area (Å²) >= 11 is 5.86. The number of hydrogen-bond donors (Lipinski definition) is 1. The molecule has 23 heavy (non-hydrogen) atoms. The van der Waals surface area contributed by atoms with Crippen LogP contribution >= 0.6 is 11.6 Å². The highest BCUT2D eigenvalue weighted by molar-refractivity contribution is 6.31. The Hall–Kier alpha value is -2.46. The number of carbonyl (C=O) groups is 1. The van der Waals surface area contributed by atoms with Crippen LogP contribution in [0.25, 0.3) is 6.08 Å². The molecule has 5 heteroatoms. The first-order valence-electron chi connectivity index (χ1n) is 6.89. The normalized spacial score (nSPS) is 10.8. The number of allylic oxidation sites excluding steroid dienone is 1. The van der Waals surface area contributed by atoms with Crippen LogP contribution in [0.1, 0.15) is 21.5 Å². The highest BCUT2D eigenvalue weighted by atomic mass is 35.5. The molecular formula is C18H17ClO4. The predicted molar refractivity (Wildman–Crippen MR) is 90.8 cm³/mol. The summed E-state index contributed by atoms with van der Waals surface area (Å²) in [7, 11) is 3.14. The molecule has 0 radical (unpaired) electrons. The van der Waals surface area contributed by atoms with Gasteiger partial charge in [-0.3, -0.25) is 4.79 Å². The van der Waals surface area contributed by atoms with Crippen LogP contribution in [0.3, 0.4) is 0 Å². The molecule has 0 aliphatic carbocycles. The lowest BCUT2D eigenvalue weighted by Crippen LogP contribution is -1.96. The summed E-state index contributed by atoms with van der Waals surface area (Å²) in [6, 6.07) is 7.95. The number of carbonyl (C=O) groups excluding carboxylic acids is 1. The second-order valence-electron chi connectivity index (χ2n) is 4.92. The zero-order valence-electron chi connectivity index (χ0n) is 13.1. The number of halogens is 1. The van der Waals surface area contributed by atoms with Gasteiger partial charge in [-0.05, 0) is 55.0 Å². The van der Waals surface area contributed by atoms with Crippen LogP contribution in [0.2, 0.25) is 5.02 Å². The van der Waals surface area contributed by atoms with E-state index in [1.54, 1.807) is 26.4 Å². The van der Waals surface area contributed by atoms with Crippen molar-refractivity contribution in [3.63, 3.8) is 0 Å². The highest BCUT2D eigenvalue weighted by Gasteiger charge is 2.10. The number of ether oxygens (including phenoxy) is 2. The first-order chi connectivity index (χ1) is 11.0. The monoisotopic (exact) mass is 332 g/mol. The van der Waals surface area contributed by atoms with Crippen molar-refractivity contribution in [3.05, 3.63) is 58.1 Å². The van der Waals surface area contributed by atoms with Crippen LogP contribution < -0.4 is 9.47 Å². The lowest BCUT2D eigenvalue weighted by Gasteiger charge is -2.10. The minimum atomic E-state index is -0.355. The molecule has 0 aromatic heterocycles. The fourth-order valence-corrected chi connectivity index (χ4v) is 2.34. The summed E-state index contributed by atoms with van der Waals surface area (Å²) in [6.07, 6.45) is 2.97. The number of aryl methyl sites for hydroxylation is 1. The zero-order valence-corrected chi connectivity index (χ0v) is 13.8. The van der Waals surface area contributed by atoms with E-state index in [1.807, 2.05) is 13.0 Å². The van der Waals surface area contributed by atoms with Gasteiger partial charge in [-0.1, -0.05) is 11.6 Å². The number of benzene rings is 2. The number of methoxy groups -OCH3 is 2. The Morgan fingerprint density at radius 3 is 2.48 bits per heavy atom. The molecule has 0 amide bonds. The van der Waals surface area contributed by atoms with Crippen molar-refractivity contribution in [2.45, 2.75) is 6.92 Å². The van der Waals surface area contributed by atoms with E-state index in [4.69, 9.17) is 21.1 Å². The van der Waals surface area contributed by atoms with Crippen LogP contribution in [-0.2, 0) is 0 Å². The molecule has 4 nitrogen and oxygen atoms in total. The molecule has 2 aromatic carbocycles. The molecule has 0 fully saturated rings. The second-order valence-corrected chi connectivity index (χ2v) is 5.36. The lowest BCUT2D eigenvalue weighted by atomic mass is 10.1. The van der Waals surface area contributed by atoms with Crippen molar-refractivity contribution in [2.75, 3.05) is 14.2 Å². The Balaban J connectivity index is 2.36. The third-order valence-corrected chi connectivity index (χ3v) is 3.62. The summed E-state index contributed by atoms with van der Waals surface area (Å²) in [5, 5.41) is 10.1. The van der Waals surface area contributed by atoms with Gasteiger partial charge in [0.25, 0.3) is 0 Å². The molecule has 0 aliphatic heterocycles. The minimum Gasteiger partial charge on any atom is -0.507 e. The molecule has 2 aromatic rings. The maximum absolute atomic E-state index is 12.2. The van der Waals surface area contributed by atoms with Crippen molar-refractivity contribution in [2.24, 2.45) is 0 Å². The highest BCUT2D eigenvalue weighted by Crippen LogP contribution is 2.29. The molecule has 0 saturated heterocycles. The fourth-order valence-electron chi connectivity index (χ4n) is 2.17. The summed E-state index contributed by atoms with van der Waals surface area (Å²) in [6.45, 7) is 1.91.